The van der Waals surface area contributed by atoms with Gasteiger partial charge in [-0.2, -0.15) is 0 Å². The molecule has 9 heteroatoms. The molecule has 0 aromatic heterocycles. The second-order valence-corrected chi connectivity index (χ2v) is 1.54. The van der Waals surface area contributed by atoms with Gasteiger partial charge in [0.25, 0.3) is 0 Å². The molecule has 0 spiro atoms. The molecule has 0 amide bonds. The summed E-state index contributed by atoms with van der Waals surface area (Å²) in [5.74, 6) is 0. The zero-order chi connectivity index (χ0) is 4.50. The van der Waals surface area contributed by atoms with Gasteiger partial charge in [-0.05, 0) is 0 Å². The normalized spacial score (nSPS) is 6.56. The zero-order valence-corrected chi connectivity index (χ0v) is 10.4. The van der Waals surface area contributed by atoms with E-state index < -0.39 is 7.82 Å². The number of hydrogen-bond donors (Lipinski definition) is 3. The molecule has 0 saturated carbocycles. The zero-order valence-electron chi connectivity index (χ0n) is 5.27. The SMILES string of the molecule is O=P(O)(O)O.[AlH3].[H-].[La].[Li+].[Ti]. The average Bonchev–Trinajstić information content (AvgIpc) is 0.722. The van der Waals surface area contributed by atoms with Crippen molar-refractivity contribution < 1.29 is 96.8 Å². The smallest absolute Gasteiger partial charge is 1.00 e. The summed E-state index contributed by atoms with van der Waals surface area (Å²) in [6.45, 7) is 0. The van der Waals surface area contributed by atoms with E-state index in [2.05, 4.69) is 0 Å². The molecule has 0 bridgehead atoms. The summed E-state index contributed by atoms with van der Waals surface area (Å²) in [7, 11) is -4.64. The van der Waals surface area contributed by atoms with Gasteiger partial charge >= 0.3 is 26.7 Å². The molecular weight excluding hydrogens is 316 g/mol. The summed E-state index contributed by atoms with van der Waals surface area (Å²) < 4.78 is 8.88. The Morgan fingerprint density at radius 1 is 1.22 bits per heavy atom. The first-order valence-electron chi connectivity index (χ1n) is 0.783. The van der Waals surface area contributed by atoms with Gasteiger partial charge in [0.2, 0.25) is 0 Å². The van der Waals surface area contributed by atoms with Gasteiger partial charge in [-0.3, -0.25) is 0 Å². The van der Waals surface area contributed by atoms with E-state index in [0.29, 0.717) is 0 Å². The monoisotopic (exact) mass is 323 g/mol. The van der Waals surface area contributed by atoms with E-state index in [4.69, 9.17) is 19.2 Å². The van der Waals surface area contributed by atoms with Crippen LogP contribution in [-0.2, 0) is 26.3 Å². The molecule has 0 fully saturated rings. The van der Waals surface area contributed by atoms with Gasteiger partial charge in [0.05, 0.1) is 0 Å². The molecule has 0 rings (SSSR count). The average molecular weight is 323 g/mol. The van der Waals surface area contributed by atoms with Crippen LogP contribution in [0.15, 0.2) is 0 Å². The molecule has 0 unspecified atom stereocenters. The minimum absolute atomic E-state index is 0. The quantitative estimate of drug-likeness (QED) is 0.308. The third-order valence-electron chi connectivity index (χ3n) is 0. The Morgan fingerprint density at radius 2 is 1.22 bits per heavy atom. The van der Waals surface area contributed by atoms with Crippen LogP contribution in [0.3, 0.4) is 0 Å². The third kappa shape index (κ3) is 94.1. The first-order chi connectivity index (χ1) is 2.00. The fourth-order valence-corrected chi connectivity index (χ4v) is 0. The van der Waals surface area contributed by atoms with E-state index in [1.165, 1.54) is 0 Å². The minimum atomic E-state index is -4.64. The van der Waals surface area contributed by atoms with Crippen LogP contribution in [0.4, 0.5) is 0 Å². The van der Waals surface area contributed by atoms with Crippen molar-refractivity contribution in [1.82, 2.24) is 0 Å². The predicted molar refractivity (Wildman–Crippen MR) is 25.3 cm³/mol. The van der Waals surface area contributed by atoms with Crippen LogP contribution in [0, 0.1) is 35.6 Å². The number of rotatable bonds is 0. The predicted octanol–water partition coefficient (Wildman–Crippen LogP) is -5.00. The largest absolute Gasteiger partial charge is 1.00 e. The molecule has 4 nitrogen and oxygen atoms in total. The van der Waals surface area contributed by atoms with E-state index in [1.54, 1.807) is 0 Å². The van der Waals surface area contributed by atoms with E-state index >= 15 is 0 Å². The summed E-state index contributed by atoms with van der Waals surface area (Å²) in [6, 6.07) is 0. The van der Waals surface area contributed by atoms with Crippen LogP contribution >= 0.6 is 7.82 Å². The van der Waals surface area contributed by atoms with E-state index in [1.807, 2.05) is 0 Å². The fraction of sp³-hybridized carbons (Fsp3) is 0. The molecule has 1 radical (unpaired) electrons. The van der Waals surface area contributed by atoms with Crippen molar-refractivity contribution in [2.24, 2.45) is 0 Å². The first-order valence-corrected chi connectivity index (χ1v) is 2.35. The van der Waals surface area contributed by atoms with Crippen LogP contribution in [0.25, 0.3) is 0 Å². The van der Waals surface area contributed by atoms with Crippen molar-refractivity contribution in [3.8, 4) is 0 Å². The fourth-order valence-electron chi connectivity index (χ4n) is 0. The Hall–Kier alpha value is 3.15. The second-order valence-electron chi connectivity index (χ2n) is 0.513. The summed E-state index contributed by atoms with van der Waals surface area (Å²) in [5, 5.41) is 0. The van der Waals surface area contributed by atoms with Crippen molar-refractivity contribution in [3.63, 3.8) is 0 Å². The Balaban J connectivity index is -0.00000000800. The maximum atomic E-state index is 8.88. The molecule has 3 N–H and O–H groups in total. The minimum Gasteiger partial charge on any atom is -1.00 e. The second kappa shape index (κ2) is 13.7. The van der Waals surface area contributed by atoms with Gasteiger partial charge in [-0.1, -0.05) is 0 Å². The molecule has 47 valence electrons. The third-order valence-corrected chi connectivity index (χ3v) is 0. The molecule has 0 aliphatic carbocycles. The van der Waals surface area contributed by atoms with Gasteiger partial charge in [-0.15, -0.1) is 0 Å². The van der Waals surface area contributed by atoms with Crippen LogP contribution in [0.2, 0.25) is 0 Å². The van der Waals surface area contributed by atoms with Crippen LogP contribution in [0.1, 0.15) is 1.43 Å². The Labute approximate surface area is 120 Å². The van der Waals surface area contributed by atoms with Gasteiger partial charge in [-0.25, -0.2) is 4.57 Å². The Morgan fingerprint density at radius 3 is 1.22 bits per heavy atom. The van der Waals surface area contributed by atoms with Crippen molar-refractivity contribution in [1.29, 1.82) is 0 Å². The summed E-state index contributed by atoms with van der Waals surface area (Å²) in [4.78, 5) is 21.6. The van der Waals surface area contributed by atoms with E-state index in [-0.39, 0.29) is 95.0 Å². The molecule has 0 aliphatic rings. The molecule has 0 aliphatic heterocycles. The molecule has 0 heterocycles. The summed E-state index contributed by atoms with van der Waals surface area (Å²) in [5.41, 5.74) is 0. The Kier molecular flexibility index (Phi) is 45.0. The van der Waals surface area contributed by atoms with Gasteiger partial charge < -0.3 is 16.1 Å². The van der Waals surface area contributed by atoms with Gasteiger partial charge in [0, 0.05) is 57.3 Å². The molecule has 0 atom stereocenters. The van der Waals surface area contributed by atoms with Crippen molar-refractivity contribution >= 4 is 25.2 Å². The Bertz CT molecular complexity index is 71.4. The van der Waals surface area contributed by atoms with E-state index in [9.17, 15) is 0 Å². The van der Waals surface area contributed by atoms with Crippen molar-refractivity contribution in [2.45, 2.75) is 0 Å². The van der Waals surface area contributed by atoms with Crippen LogP contribution in [-0.4, -0.2) is 32.0 Å². The number of hydrogen-bond acceptors (Lipinski definition) is 1. The maximum absolute atomic E-state index is 8.88. The van der Waals surface area contributed by atoms with Gasteiger partial charge in [0.1, 0.15) is 0 Å². The van der Waals surface area contributed by atoms with Crippen molar-refractivity contribution in [3.05, 3.63) is 0 Å². The number of phosphoric acid groups is 1. The van der Waals surface area contributed by atoms with Crippen molar-refractivity contribution in [2.75, 3.05) is 0 Å². The molecule has 0 aromatic carbocycles. The topological polar surface area (TPSA) is 77.8 Å². The summed E-state index contributed by atoms with van der Waals surface area (Å²) >= 11 is 0. The molecule has 0 saturated heterocycles. The molecular formula is H7AlLaLiO4PTi. The standard InChI is InChI=1S/Al.La.Li.H3O4P.Ti.4H/c;;;1-5(2,3)4;;;;;/h;;;(H3,1,2,3,4);;;;;/q;;+1;;;;;;-1. The molecule has 0 aromatic rings. The molecule has 9 heavy (non-hydrogen) atoms. The van der Waals surface area contributed by atoms with Crippen LogP contribution < -0.4 is 18.9 Å². The van der Waals surface area contributed by atoms with E-state index in [0.717, 1.165) is 0 Å². The van der Waals surface area contributed by atoms with Crippen LogP contribution in [0.5, 0.6) is 0 Å². The summed E-state index contributed by atoms with van der Waals surface area (Å²) in [6.07, 6.45) is 0. The maximum Gasteiger partial charge on any atom is 1.00 e. The first kappa shape index (κ1) is 29.5. The van der Waals surface area contributed by atoms with Gasteiger partial charge in [0.15, 0.2) is 17.4 Å².